The minimum absolute atomic E-state index is 0.344. The van der Waals surface area contributed by atoms with Crippen LogP contribution in [0.3, 0.4) is 0 Å². The van der Waals surface area contributed by atoms with Crippen molar-refractivity contribution in [3.63, 3.8) is 0 Å². The predicted octanol–water partition coefficient (Wildman–Crippen LogP) is 4.07. The lowest BCUT2D eigenvalue weighted by atomic mass is 10.1. The number of thiophene rings is 1. The topological polar surface area (TPSA) is 73.9 Å². The average molecular weight is 389 g/mol. The molecule has 1 N–H and O–H groups in total. The van der Waals surface area contributed by atoms with E-state index < -0.39 is 5.97 Å². The third kappa shape index (κ3) is 3.93. The zero-order chi connectivity index (χ0) is 19.4. The van der Waals surface area contributed by atoms with Crippen LogP contribution in [0, 0.1) is 0 Å². The summed E-state index contributed by atoms with van der Waals surface area (Å²) in [5, 5.41) is 3.42. The zero-order valence-electron chi connectivity index (χ0n) is 15.7. The maximum Gasteiger partial charge on any atom is 0.341 e. The Hall–Kier alpha value is -2.54. The van der Waals surface area contributed by atoms with Crippen molar-refractivity contribution in [2.75, 3.05) is 26.6 Å². The van der Waals surface area contributed by atoms with E-state index in [2.05, 4.69) is 5.32 Å². The third-order valence-electron chi connectivity index (χ3n) is 4.69. The van der Waals surface area contributed by atoms with E-state index in [1.807, 2.05) is 0 Å². The minimum atomic E-state index is -0.415. The van der Waals surface area contributed by atoms with Gasteiger partial charge in [-0.15, -0.1) is 11.3 Å². The zero-order valence-corrected chi connectivity index (χ0v) is 16.5. The van der Waals surface area contributed by atoms with Gasteiger partial charge in [-0.05, 0) is 49.4 Å². The lowest BCUT2D eigenvalue weighted by molar-refractivity contribution is 0.0601. The van der Waals surface area contributed by atoms with Gasteiger partial charge in [0.05, 0.1) is 32.5 Å². The number of carbonyl (C=O) groups is 2. The maximum absolute atomic E-state index is 12.9. The van der Waals surface area contributed by atoms with E-state index in [4.69, 9.17) is 14.2 Å². The van der Waals surface area contributed by atoms with Crippen LogP contribution in [-0.2, 0) is 17.6 Å². The second-order valence-corrected chi connectivity index (χ2v) is 7.39. The van der Waals surface area contributed by atoms with Gasteiger partial charge in [-0.3, -0.25) is 4.79 Å². The highest BCUT2D eigenvalue weighted by molar-refractivity contribution is 7.17. The Balaban J connectivity index is 1.98. The van der Waals surface area contributed by atoms with Crippen LogP contribution in [0.4, 0.5) is 5.00 Å². The van der Waals surface area contributed by atoms with Crippen molar-refractivity contribution < 1.29 is 23.8 Å². The van der Waals surface area contributed by atoms with Gasteiger partial charge in [0.15, 0.2) is 0 Å². The van der Waals surface area contributed by atoms with Gasteiger partial charge >= 0.3 is 5.97 Å². The molecule has 0 spiro atoms. The number of nitrogens with one attached hydrogen (secondary N) is 1. The molecule has 1 amide bonds. The van der Waals surface area contributed by atoms with Crippen LogP contribution in [0.5, 0.6) is 11.5 Å². The molecule has 0 radical (unpaired) electrons. The predicted molar refractivity (Wildman–Crippen MR) is 104 cm³/mol. The van der Waals surface area contributed by atoms with Gasteiger partial charge in [-0.1, -0.05) is 6.42 Å². The largest absolute Gasteiger partial charge is 0.497 e. The van der Waals surface area contributed by atoms with Crippen LogP contribution in [0.2, 0.25) is 0 Å². The SMILES string of the molecule is COC(=O)c1c(NC(=O)c2cc(OC)ccc2OC)sc2c1CCCCC2. The van der Waals surface area contributed by atoms with Crippen LogP contribution >= 0.6 is 11.3 Å². The number of carbonyl (C=O) groups excluding carboxylic acids is 2. The van der Waals surface area contributed by atoms with Crippen molar-refractivity contribution in [2.45, 2.75) is 32.1 Å². The fraction of sp³-hybridized carbons (Fsp3) is 0.400. The van der Waals surface area contributed by atoms with Crippen molar-refractivity contribution in [1.29, 1.82) is 0 Å². The van der Waals surface area contributed by atoms with Gasteiger partial charge in [-0.2, -0.15) is 0 Å². The highest BCUT2D eigenvalue weighted by Gasteiger charge is 2.27. The minimum Gasteiger partial charge on any atom is -0.497 e. The highest BCUT2D eigenvalue weighted by atomic mass is 32.1. The number of aryl methyl sites for hydroxylation is 1. The van der Waals surface area contributed by atoms with Gasteiger partial charge in [0, 0.05) is 4.88 Å². The van der Waals surface area contributed by atoms with E-state index in [9.17, 15) is 9.59 Å². The summed E-state index contributed by atoms with van der Waals surface area (Å²) in [5.74, 6) is 0.219. The monoisotopic (exact) mass is 389 g/mol. The average Bonchev–Trinajstić information content (AvgIpc) is 2.86. The van der Waals surface area contributed by atoms with Gasteiger partial charge in [0.25, 0.3) is 5.91 Å². The summed E-state index contributed by atoms with van der Waals surface area (Å²) in [7, 11) is 4.40. The van der Waals surface area contributed by atoms with Crippen LogP contribution in [-0.4, -0.2) is 33.2 Å². The third-order valence-corrected chi connectivity index (χ3v) is 5.90. The van der Waals surface area contributed by atoms with E-state index in [0.717, 1.165) is 42.5 Å². The number of hydrogen-bond acceptors (Lipinski definition) is 6. The summed E-state index contributed by atoms with van der Waals surface area (Å²) >= 11 is 1.46. The van der Waals surface area contributed by atoms with E-state index in [0.29, 0.717) is 27.6 Å². The Labute approximate surface area is 162 Å². The number of fused-ring (bicyclic) bond motifs is 1. The van der Waals surface area contributed by atoms with E-state index >= 15 is 0 Å². The number of esters is 1. The molecule has 1 aromatic carbocycles. The van der Waals surface area contributed by atoms with Crippen molar-refractivity contribution in [3.05, 3.63) is 39.8 Å². The first-order chi connectivity index (χ1) is 13.1. The number of ether oxygens (including phenoxy) is 3. The molecule has 7 heteroatoms. The molecule has 6 nitrogen and oxygen atoms in total. The Kier molecular flexibility index (Phi) is 6.01. The van der Waals surface area contributed by atoms with Gasteiger partial charge in [0.2, 0.25) is 0 Å². The molecule has 1 aromatic heterocycles. The van der Waals surface area contributed by atoms with E-state index in [1.54, 1.807) is 18.2 Å². The summed E-state index contributed by atoms with van der Waals surface area (Å²) in [4.78, 5) is 26.5. The molecule has 2 aromatic rings. The number of anilines is 1. The standard InChI is InChI=1S/C20H23NO5S/c1-24-12-9-10-15(25-2)14(11-12)18(22)21-19-17(20(23)26-3)13-7-5-4-6-8-16(13)27-19/h9-11H,4-8H2,1-3H3,(H,21,22). The molecule has 1 aliphatic carbocycles. The first-order valence-corrected chi connectivity index (χ1v) is 9.67. The summed E-state index contributed by atoms with van der Waals surface area (Å²) in [6, 6.07) is 5.02. The Morgan fingerprint density at radius 3 is 2.52 bits per heavy atom. The Morgan fingerprint density at radius 2 is 1.81 bits per heavy atom. The number of rotatable bonds is 5. The second kappa shape index (κ2) is 8.43. The lowest BCUT2D eigenvalue weighted by Gasteiger charge is -2.11. The smallest absolute Gasteiger partial charge is 0.341 e. The molecule has 0 unspecified atom stereocenters. The number of amides is 1. The molecule has 0 bridgehead atoms. The van der Waals surface area contributed by atoms with Crippen molar-refractivity contribution in [3.8, 4) is 11.5 Å². The molecule has 144 valence electrons. The molecule has 0 atom stereocenters. The Morgan fingerprint density at radius 1 is 1.04 bits per heavy atom. The first kappa shape index (κ1) is 19.2. The lowest BCUT2D eigenvalue weighted by Crippen LogP contribution is -2.15. The summed E-state index contributed by atoms with van der Waals surface area (Å²) in [5.41, 5.74) is 1.84. The van der Waals surface area contributed by atoms with E-state index in [1.165, 1.54) is 32.7 Å². The van der Waals surface area contributed by atoms with Gasteiger partial charge in [-0.25, -0.2) is 4.79 Å². The van der Waals surface area contributed by atoms with Crippen molar-refractivity contribution in [1.82, 2.24) is 0 Å². The fourth-order valence-corrected chi connectivity index (χ4v) is 4.58. The summed E-state index contributed by atoms with van der Waals surface area (Å²) < 4.78 is 15.5. The summed E-state index contributed by atoms with van der Waals surface area (Å²) in [6.45, 7) is 0. The number of hydrogen-bond donors (Lipinski definition) is 1. The van der Waals surface area contributed by atoms with E-state index in [-0.39, 0.29) is 5.91 Å². The molecule has 3 rings (SSSR count). The molecule has 0 aliphatic heterocycles. The normalized spacial score (nSPS) is 13.3. The molecular formula is C20H23NO5S. The molecule has 0 fully saturated rings. The Bertz CT molecular complexity index is 858. The molecule has 27 heavy (non-hydrogen) atoms. The molecule has 1 heterocycles. The molecule has 0 saturated carbocycles. The first-order valence-electron chi connectivity index (χ1n) is 8.85. The van der Waals surface area contributed by atoms with Crippen LogP contribution in [0.15, 0.2) is 18.2 Å². The highest BCUT2D eigenvalue weighted by Crippen LogP contribution is 2.38. The summed E-state index contributed by atoms with van der Waals surface area (Å²) in [6.07, 6.45) is 5.01. The van der Waals surface area contributed by atoms with Crippen molar-refractivity contribution in [2.24, 2.45) is 0 Å². The number of methoxy groups -OCH3 is 3. The molecule has 1 aliphatic rings. The molecular weight excluding hydrogens is 366 g/mol. The maximum atomic E-state index is 12.9. The van der Waals surface area contributed by atoms with Crippen LogP contribution < -0.4 is 14.8 Å². The quantitative estimate of drug-likeness (QED) is 0.616. The van der Waals surface area contributed by atoms with Crippen LogP contribution in [0.25, 0.3) is 0 Å². The number of benzene rings is 1. The van der Waals surface area contributed by atoms with Crippen LogP contribution in [0.1, 0.15) is 50.4 Å². The van der Waals surface area contributed by atoms with Gasteiger partial charge in [0.1, 0.15) is 16.5 Å². The molecule has 0 saturated heterocycles. The fourth-order valence-electron chi connectivity index (χ4n) is 3.31. The van der Waals surface area contributed by atoms with Gasteiger partial charge < -0.3 is 19.5 Å². The van der Waals surface area contributed by atoms with Crippen molar-refractivity contribution >= 4 is 28.2 Å². The second-order valence-electron chi connectivity index (χ2n) is 6.28.